The molecule has 1 aliphatic heterocycles. The maximum atomic E-state index is 4.33. The summed E-state index contributed by atoms with van der Waals surface area (Å²) in [6, 6.07) is 2.26. The summed E-state index contributed by atoms with van der Waals surface area (Å²) in [6.07, 6.45) is 5.39. The van der Waals surface area contributed by atoms with E-state index < -0.39 is 0 Å². The van der Waals surface area contributed by atoms with E-state index in [1.165, 1.54) is 0 Å². The predicted octanol–water partition coefficient (Wildman–Crippen LogP) is 1.24. The molecule has 6 nitrogen and oxygen atoms in total. The highest BCUT2D eigenvalue weighted by Gasteiger charge is 2.29. The lowest BCUT2D eigenvalue weighted by molar-refractivity contribution is 0.663. The van der Waals surface area contributed by atoms with Gasteiger partial charge in [0, 0.05) is 18.3 Å². The molecule has 0 spiro atoms. The zero-order valence-corrected chi connectivity index (χ0v) is 9.67. The number of rotatable bonds is 2. The molecule has 88 valence electrons. The van der Waals surface area contributed by atoms with Gasteiger partial charge in [0.2, 0.25) is 0 Å². The number of hydrogen-bond acceptors (Lipinski definition) is 5. The maximum Gasteiger partial charge on any atom is 0.147 e. The molecule has 6 heteroatoms. The number of H-pyrrole nitrogens is 1. The second-order valence-electron chi connectivity index (χ2n) is 4.24. The first-order valence-electron chi connectivity index (χ1n) is 5.75. The van der Waals surface area contributed by atoms with Crippen LogP contribution in [0.1, 0.15) is 30.4 Å². The van der Waals surface area contributed by atoms with Gasteiger partial charge in [0.05, 0.1) is 6.04 Å². The lowest BCUT2D eigenvalue weighted by atomic mass is 10.2. The van der Waals surface area contributed by atoms with Crippen molar-refractivity contribution in [2.24, 2.45) is 0 Å². The Morgan fingerprint density at radius 1 is 1.29 bits per heavy atom. The van der Waals surface area contributed by atoms with Crippen molar-refractivity contribution >= 4 is 5.82 Å². The minimum Gasteiger partial charge on any atom is -0.346 e. The Labute approximate surface area is 99.1 Å². The normalized spacial score (nSPS) is 19.8. The molecule has 2 aromatic rings. The molecule has 0 saturated carbocycles. The molecule has 17 heavy (non-hydrogen) atoms. The van der Waals surface area contributed by atoms with Crippen LogP contribution in [0.3, 0.4) is 0 Å². The second-order valence-corrected chi connectivity index (χ2v) is 4.24. The Balaban J connectivity index is 1.92. The van der Waals surface area contributed by atoms with Gasteiger partial charge in [-0.1, -0.05) is 0 Å². The van der Waals surface area contributed by atoms with Gasteiger partial charge in [0.15, 0.2) is 0 Å². The topological polar surface area (TPSA) is 70.6 Å². The molecular formula is C11H14N6. The second kappa shape index (κ2) is 4.12. The number of nitrogens with zero attached hydrogens (tertiary/aromatic N) is 5. The minimum atomic E-state index is 0.256. The van der Waals surface area contributed by atoms with Crippen LogP contribution in [0.15, 0.2) is 18.7 Å². The van der Waals surface area contributed by atoms with Crippen LogP contribution in [0.2, 0.25) is 0 Å². The molecule has 1 atom stereocenters. The summed E-state index contributed by atoms with van der Waals surface area (Å²) in [5, 5.41) is 6.86. The molecule has 0 radical (unpaired) electrons. The first-order valence-corrected chi connectivity index (χ1v) is 5.75. The summed E-state index contributed by atoms with van der Waals surface area (Å²) in [5.74, 6) is 1.88. The first kappa shape index (κ1) is 10.2. The molecule has 1 N–H and O–H groups in total. The fourth-order valence-electron chi connectivity index (χ4n) is 2.30. The van der Waals surface area contributed by atoms with Crippen molar-refractivity contribution in [2.75, 3.05) is 11.4 Å². The molecule has 1 aliphatic rings. The molecule has 2 aromatic heterocycles. The molecule has 0 aromatic carbocycles. The number of nitrogens with one attached hydrogen (secondary N) is 1. The summed E-state index contributed by atoms with van der Waals surface area (Å²) >= 11 is 0. The van der Waals surface area contributed by atoms with E-state index in [1.807, 2.05) is 13.0 Å². The van der Waals surface area contributed by atoms with Crippen LogP contribution in [0.5, 0.6) is 0 Å². The highest BCUT2D eigenvalue weighted by molar-refractivity contribution is 5.42. The number of aromatic amines is 1. The third kappa shape index (κ3) is 1.86. The van der Waals surface area contributed by atoms with Gasteiger partial charge in [0.1, 0.15) is 24.3 Å². The molecule has 1 fully saturated rings. The Morgan fingerprint density at radius 3 is 3.00 bits per heavy atom. The fourth-order valence-corrected chi connectivity index (χ4v) is 2.30. The van der Waals surface area contributed by atoms with E-state index >= 15 is 0 Å². The summed E-state index contributed by atoms with van der Waals surface area (Å²) < 4.78 is 0. The monoisotopic (exact) mass is 230 g/mol. The van der Waals surface area contributed by atoms with Crippen molar-refractivity contribution in [3.63, 3.8) is 0 Å². The van der Waals surface area contributed by atoms with Crippen LogP contribution in [0, 0.1) is 6.92 Å². The number of aryl methyl sites for hydroxylation is 1. The SMILES string of the molecule is Cc1cc(N2CCC[C@H]2c2ncn[nH]2)ncn1. The molecule has 0 amide bonds. The van der Waals surface area contributed by atoms with Gasteiger partial charge in [-0.3, -0.25) is 5.10 Å². The summed E-state index contributed by atoms with van der Waals surface area (Å²) in [6.45, 7) is 2.98. The number of hydrogen-bond donors (Lipinski definition) is 1. The van der Waals surface area contributed by atoms with Crippen molar-refractivity contribution < 1.29 is 0 Å². The minimum absolute atomic E-state index is 0.256. The molecule has 1 saturated heterocycles. The average Bonchev–Trinajstić information content (AvgIpc) is 3.00. The van der Waals surface area contributed by atoms with E-state index in [0.29, 0.717) is 0 Å². The van der Waals surface area contributed by atoms with Gasteiger partial charge < -0.3 is 4.90 Å². The molecular weight excluding hydrogens is 216 g/mol. The van der Waals surface area contributed by atoms with Gasteiger partial charge >= 0.3 is 0 Å². The third-order valence-corrected chi connectivity index (χ3v) is 3.09. The Morgan fingerprint density at radius 2 is 2.24 bits per heavy atom. The lowest BCUT2D eigenvalue weighted by Crippen LogP contribution is -2.24. The van der Waals surface area contributed by atoms with Crippen LogP contribution < -0.4 is 4.90 Å². The first-order chi connectivity index (χ1) is 8.34. The Bertz CT molecular complexity index is 494. The average molecular weight is 230 g/mol. The largest absolute Gasteiger partial charge is 0.346 e. The van der Waals surface area contributed by atoms with Gasteiger partial charge in [-0.25, -0.2) is 15.0 Å². The van der Waals surface area contributed by atoms with Crippen molar-refractivity contribution in [1.29, 1.82) is 0 Å². The summed E-state index contributed by atoms with van der Waals surface area (Å²) in [5.41, 5.74) is 0.984. The number of anilines is 1. The fraction of sp³-hybridized carbons (Fsp3) is 0.455. The third-order valence-electron chi connectivity index (χ3n) is 3.09. The standard InChI is InChI=1S/C11H14N6/c1-8-5-10(13-6-12-8)17-4-2-3-9(17)11-14-7-15-16-11/h5-7,9H,2-4H2,1H3,(H,14,15,16)/t9-/m0/s1. The van der Waals surface area contributed by atoms with E-state index in [4.69, 9.17) is 0 Å². The van der Waals surface area contributed by atoms with Crippen LogP contribution in [-0.4, -0.2) is 31.7 Å². The smallest absolute Gasteiger partial charge is 0.147 e. The van der Waals surface area contributed by atoms with E-state index in [9.17, 15) is 0 Å². The van der Waals surface area contributed by atoms with Crippen molar-refractivity contribution in [2.45, 2.75) is 25.8 Å². The maximum absolute atomic E-state index is 4.33. The van der Waals surface area contributed by atoms with Crippen LogP contribution in [0.4, 0.5) is 5.82 Å². The predicted molar refractivity (Wildman–Crippen MR) is 62.5 cm³/mol. The highest BCUT2D eigenvalue weighted by atomic mass is 15.3. The van der Waals surface area contributed by atoms with E-state index in [1.54, 1.807) is 12.7 Å². The quantitative estimate of drug-likeness (QED) is 0.840. The molecule has 3 heterocycles. The van der Waals surface area contributed by atoms with Crippen LogP contribution >= 0.6 is 0 Å². The highest BCUT2D eigenvalue weighted by Crippen LogP contribution is 2.33. The van der Waals surface area contributed by atoms with E-state index in [-0.39, 0.29) is 6.04 Å². The molecule has 0 bridgehead atoms. The van der Waals surface area contributed by atoms with Gasteiger partial charge in [-0.15, -0.1) is 0 Å². The van der Waals surface area contributed by atoms with Gasteiger partial charge in [-0.05, 0) is 19.8 Å². The Kier molecular flexibility index (Phi) is 2.47. The van der Waals surface area contributed by atoms with Crippen LogP contribution in [0.25, 0.3) is 0 Å². The summed E-state index contributed by atoms with van der Waals surface area (Å²) in [7, 11) is 0. The van der Waals surface area contributed by atoms with Crippen LogP contribution in [-0.2, 0) is 0 Å². The zero-order chi connectivity index (χ0) is 11.7. The van der Waals surface area contributed by atoms with Gasteiger partial charge in [-0.2, -0.15) is 5.10 Å². The Hall–Kier alpha value is -1.98. The van der Waals surface area contributed by atoms with Crippen molar-refractivity contribution in [3.05, 3.63) is 30.2 Å². The number of aromatic nitrogens is 5. The zero-order valence-electron chi connectivity index (χ0n) is 9.67. The lowest BCUT2D eigenvalue weighted by Gasteiger charge is -2.23. The summed E-state index contributed by atoms with van der Waals surface area (Å²) in [4.78, 5) is 15.0. The molecule has 0 unspecified atom stereocenters. The van der Waals surface area contributed by atoms with E-state index in [0.717, 1.165) is 36.7 Å². The van der Waals surface area contributed by atoms with E-state index in [2.05, 4.69) is 30.0 Å². The van der Waals surface area contributed by atoms with Crippen molar-refractivity contribution in [3.8, 4) is 0 Å². The molecule has 3 rings (SSSR count). The molecule has 0 aliphatic carbocycles. The van der Waals surface area contributed by atoms with Crippen molar-refractivity contribution in [1.82, 2.24) is 25.1 Å². The van der Waals surface area contributed by atoms with Gasteiger partial charge in [0.25, 0.3) is 0 Å².